The van der Waals surface area contributed by atoms with Crippen LogP contribution in [0.1, 0.15) is 17.5 Å². The second-order valence-electron chi connectivity index (χ2n) is 5.16. The molecular formula is C13H17NO3S. The lowest BCUT2D eigenvalue weighted by Crippen LogP contribution is -2.41. The van der Waals surface area contributed by atoms with E-state index in [1.165, 1.54) is 0 Å². The molecule has 0 radical (unpaired) electrons. The van der Waals surface area contributed by atoms with Crippen LogP contribution in [-0.4, -0.2) is 38.0 Å². The van der Waals surface area contributed by atoms with Crippen molar-refractivity contribution in [2.24, 2.45) is 0 Å². The van der Waals surface area contributed by atoms with Crippen molar-refractivity contribution in [3.63, 3.8) is 0 Å². The highest BCUT2D eigenvalue weighted by Gasteiger charge is 2.44. The fourth-order valence-corrected chi connectivity index (χ4v) is 4.56. The molecule has 2 bridgehead atoms. The van der Waals surface area contributed by atoms with Crippen LogP contribution in [0.25, 0.3) is 0 Å². The first-order valence-corrected chi connectivity index (χ1v) is 7.82. The number of nitrogens with zero attached hydrogens (tertiary/aromatic N) is 1. The van der Waals surface area contributed by atoms with Gasteiger partial charge in [-0.1, -0.05) is 29.8 Å². The van der Waals surface area contributed by atoms with Gasteiger partial charge in [0.1, 0.15) is 0 Å². The van der Waals surface area contributed by atoms with Crippen LogP contribution in [0.15, 0.2) is 24.3 Å². The van der Waals surface area contributed by atoms with Crippen molar-refractivity contribution in [2.75, 3.05) is 13.2 Å². The van der Waals surface area contributed by atoms with Gasteiger partial charge in [0.15, 0.2) is 0 Å². The number of rotatable bonds is 3. The van der Waals surface area contributed by atoms with Crippen molar-refractivity contribution >= 4 is 10.0 Å². The summed E-state index contributed by atoms with van der Waals surface area (Å²) in [6.07, 6.45) is 0.967. The van der Waals surface area contributed by atoms with E-state index in [0.29, 0.717) is 13.2 Å². The van der Waals surface area contributed by atoms with Crippen molar-refractivity contribution in [2.45, 2.75) is 31.2 Å². The van der Waals surface area contributed by atoms with Gasteiger partial charge in [-0.05, 0) is 18.9 Å². The Morgan fingerprint density at radius 1 is 1.44 bits per heavy atom. The zero-order chi connectivity index (χ0) is 12.8. The fourth-order valence-electron chi connectivity index (χ4n) is 2.80. The molecule has 3 rings (SSSR count). The van der Waals surface area contributed by atoms with Crippen LogP contribution in [0.5, 0.6) is 0 Å². The van der Waals surface area contributed by atoms with E-state index in [0.717, 1.165) is 17.5 Å². The first kappa shape index (κ1) is 12.1. The van der Waals surface area contributed by atoms with Gasteiger partial charge in [0, 0.05) is 6.54 Å². The first-order chi connectivity index (χ1) is 8.54. The lowest BCUT2D eigenvalue weighted by Gasteiger charge is -2.26. The van der Waals surface area contributed by atoms with Crippen LogP contribution >= 0.6 is 0 Å². The predicted molar refractivity (Wildman–Crippen MR) is 68.7 cm³/mol. The molecule has 0 N–H and O–H groups in total. The van der Waals surface area contributed by atoms with Crippen LogP contribution in [0, 0.1) is 6.92 Å². The van der Waals surface area contributed by atoms with Gasteiger partial charge in [-0.2, -0.15) is 4.31 Å². The monoisotopic (exact) mass is 267 g/mol. The fraction of sp³-hybridized carbons (Fsp3) is 0.538. The average Bonchev–Trinajstić information content (AvgIpc) is 2.90. The van der Waals surface area contributed by atoms with E-state index in [9.17, 15) is 8.42 Å². The molecule has 18 heavy (non-hydrogen) atoms. The van der Waals surface area contributed by atoms with Crippen LogP contribution in [0.2, 0.25) is 0 Å². The van der Waals surface area contributed by atoms with E-state index in [2.05, 4.69) is 0 Å². The maximum Gasteiger partial charge on any atom is 0.218 e. The minimum Gasteiger partial charge on any atom is -0.375 e. The Bertz CT molecular complexity index is 555. The van der Waals surface area contributed by atoms with Crippen LogP contribution in [0.3, 0.4) is 0 Å². The molecule has 0 unspecified atom stereocenters. The summed E-state index contributed by atoms with van der Waals surface area (Å²) in [6, 6.07) is 7.74. The highest BCUT2D eigenvalue weighted by atomic mass is 32.2. The maximum absolute atomic E-state index is 12.4. The third-order valence-electron chi connectivity index (χ3n) is 3.64. The molecule has 2 aliphatic rings. The van der Waals surface area contributed by atoms with Crippen LogP contribution in [-0.2, 0) is 20.5 Å². The smallest absolute Gasteiger partial charge is 0.218 e. The number of ether oxygens (including phenoxy) is 1. The normalized spacial score (nSPS) is 27.8. The summed E-state index contributed by atoms with van der Waals surface area (Å²) < 4.78 is 31.8. The van der Waals surface area contributed by atoms with Gasteiger partial charge in [-0.15, -0.1) is 0 Å². The molecule has 0 aromatic heterocycles. The second kappa shape index (κ2) is 4.33. The van der Waals surface area contributed by atoms with Gasteiger partial charge in [0.25, 0.3) is 0 Å². The summed E-state index contributed by atoms with van der Waals surface area (Å²) in [5, 5.41) is 0. The van der Waals surface area contributed by atoms with Crippen LogP contribution < -0.4 is 0 Å². The molecule has 5 heteroatoms. The summed E-state index contributed by atoms with van der Waals surface area (Å²) >= 11 is 0. The highest BCUT2D eigenvalue weighted by Crippen LogP contribution is 2.31. The lowest BCUT2D eigenvalue weighted by molar-refractivity contribution is 0.0608. The van der Waals surface area contributed by atoms with Gasteiger partial charge >= 0.3 is 0 Å². The minimum atomic E-state index is -3.21. The number of hydrogen-bond donors (Lipinski definition) is 0. The van der Waals surface area contributed by atoms with Crippen molar-refractivity contribution < 1.29 is 13.2 Å². The molecular weight excluding hydrogens is 250 g/mol. The van der Waals surface area contributed by atoms with Gasteiger partial charge in [0.2, 0.25) is 10.0 Å². The third kappa shape index (κ3) is 2.18. The molecule has 2 heterocycles. The zero-order valence-electron chi connectivity index (χ0n) is 10.4. The Hall–Kier alpha value is -0.910. The number of hydrogen-bond acceptors (Lipinski definition) is 3. The molecule has 0 aliphatic carbocycles. The number of sulfonamides is 1. The molecule has 4 nitrogen and oxygen atoms in total. The molecule has 0 saturated carbocycles. The average molecular weight is 267 g/mol. The van der Waals surface area contributed by atoms with Crippen molar-refractivity contribution in [1.82, 2.24) is 4.31 Å². The quantitative estimate of drug-likeness (QED) is 0.829. The van der Waals surface area contributed by atoms with Crippen LogP contribution in [0.4, 0.5) is 0 Å². The molecule has 0 amide bonds. The van der Waals surface area contributed by atoms with E-state index in [-0.39, 0.29) is 17.9 Å². The maximum atomic E-state index is 12.4. The summed E-state index contributed by atoms with van der Waals surface area (Å²) in [4.78, 5) is 0. The van der Waals surface area contributed by atoms with Gasteiger partial charge in [-0.25, -0.2) is 8.42 Å². The van der Waals surface area contributed by atoms with Gasteiger partial charge in [-0.3, -0.25) is 0 Å². The highest BCUT2D eigenvalue weighted by molar-refractivity contribution is 7.88. The molecule has 1 aromatic carbocycles. The van der Waals surface area contributed by atoms with E-state index in [1.807, 2.05) is 31.2 Å². The predicted octanol–water partition coefficient (Wildman–Crippen LogP) is 1.30. The lowest BCUT2D eigenvalue weighted by atomic mass is 10.2. The molecule has 2 atom stereocenters. The second-order valence-corrected chi connectivity index (χ2v) is 7.08. The number of fused-ring (bicyclic) bond motifs is 2. The number of aryl methyl sites for hydroxylation is 1. The van der Waals surface area contributed by atoms with E-state index in [4.69, 9.17) is 4.74 Å². The van der Waals surface area contributed by atoms with Gasteiger partial charge in [0.05, 0.1) is 24.5 Å². The van der Waals surface area contributed by atoms with Crippen molar-refractivity contribution in [3.05, 3.63) is 35.4 Å². The van der Waals surface area contributed by atoms with Gasteiger partial charge < -0.3 is 4.74 Å². The Morgan fingerprint density at radius 3 is 2.89 bits per heavy atom. The summed E-state index contributed by atoms with van der Waals surface area (Å²) in [7, 11) is -3.21. The molecule has 0 spiro atoms. The van der Waals surface area contributed by atoms with E-state index in [1.54, 1.807) is 4.31 Å². The summed E-state index contributed by atoms with van der Waals surface area (Å²) in [6.45, 7) is 3.05. The number of morpholine rings is 1. The Kier molecular flexibility index (Phi) is 2.92. The van der Waals surface area contributed by atoms with Crippen molar-refractivity contribution in [3.8, 4) is 0 Å². The number of benzene rings is 1. The zero-order valence-corrected chi connectivity index (χ0v) is 11.2. The summed E-state index contributed by atoms with van der Waals surface area (Å²) in [5.74, 6) is 0.0951. The molecule has 98 valence electrons. The molecule has 2 saturated heterocycles. The topological polar surface area (TPSA) is 46.6 Å². The Morgan fingerprint density at radius 2 is 2.28 bits per heavy atom. The SMILES string of the molecule is Cc1cccc(CS(=O)(=O)N2C[C@H]3C[C@H]2CO3)c1. The molecule has 2 fully saturated rings. The van der Waals surface area contributed by atoms with E-state index < -0.39 is 10.0 Å². The summed E-state index contributed by atoms with van der Waals surface area (Å²) in [5.41, 5.74) is 1.95. The van der Waals surface area contributed by atoms with E-state index >= 15 is 0 Å². The first-order valence-electron chi connectivity index (χ1n) is 6.21. The third-order valence-corrected chi connectivity index (χ3v) is 5.50. The minimum absolute atomic E-state index is 0.0600. The molecule has 1 aromatic rings. The standard InChI is InChI=1S/C13H17NO3S/c1-10-3-2-4-11(5-10)9-18(15,16)14-7-13-6-12(14)8-17-13/h2-5,12-13H,6-9H2,1H3/t12-,13+/m0/s1. The Labute approximate surface area is 108 Å². The molecule has 2 aliphatic heterocycles. The Balaban J connectivity index is 1.79. The largest absolute Gasteiger partial charge is 0.375 e. The van der Waals surface area contributed by atoms with Crippen molar-refractivity contribution in [1.29, 1.82) is 0 Å².